The van der Waals surface area contributed by atoms with Gasteiger partial charge in [-0.1, -0.05) is 23.7 Å². The number of hydrogen-bond donors (Lipinski definition) is 1. The molecule has 2 saturated heterocycles. The van der Waals surface area contributed by atoms with Crippen LogP contribution in [0, 0.1) is 17.6 Å². The average molecular weight is 597 g/mol. The lowest BCUT2D eigenvalue weighted by atomic mass is 9.71. The van der Waals surface area contributed by atoms with Crippen molar-refractivity contribution in [1.82, 2.24) is 20.1 Å². The van der Waals surface area contributed by atoms with E-state index in [2.05, 4.69) is 10.3 Å². The summed E-state index contributed by atoms with van der Waals surface area (Å²) in [6.45, 7) is 3.26. The Morgan fingerprint density at radius 3 is 2.31 bits per heavy atom. The molecule has 220 valence electrons. The smallest absolute Gasteiger partial charge is 0.410 e. The van der Waals surface area contributed by atoms with E-state index in [1.165, 1.54) is 41.3 Å². The number of aromatic nitrogens is 1. The number of nitrogens with one attached hydrogen (secondary N) is 1. The fourth-order valence-corrected chi connectivity index (χ4v) is 6.18. The number of ether oxygens (including phenoxy) is 1. The van der Waals surface area contributed by atoms with Crippen LogP contribution in [0.2, 0.25) is 5.02 Å². The quantitative estimate of drug-likeness (QED) is 0.409. The van der Waals surface area contributed by atoms with Gasteiger partial charge in [0.1, 0.15) is 28.6 Å². The lowest BCUT2D eigenvalue weighted by Crippen LogP contribution is -2.64. The molecule has 3 aromatic rings. The summed E-state index contributed by atoms with van der Waals surface area (Å²) in [5.74, 6) is -2.09. The van der Waals surface area contributed by atoms with Crippen molar-refractivity contribution in [3.63, 3.8) is 0 Å². The maximum atomic E-state index is 14.6. The summed E-state index contributed by atoms with van der Waals surface area (Å²) >= 11 is 6.16. The van der Waals surface area contributed by atoms with Gasteiger partial charge in [0, 0.05) is 49.6 Å². The van der Waals surface area contributed by atoms with Gasteiger partial charge in [-0.3, -0.25) is 14.5 Å². The zero-order valence-corrected chi connectivity index (χ0v) is 23.8. The first-order chi connectivity index (χ1) is 20.2. The third kappa shape index (κ3) is 5.87. The molecule has 0 bridgehead atoms. The average Bonchev–Trinajstić information content (AvgIpc) is 3.44. The Morgan fingerprint density at radius 1 is 1.02 bits per heavy atom. The monoisotopic (exact) mass is 596 g/mol. The second kappa shape index (κ2) is 12.5. The van der Waals surface area contributed by atoms with Crippen LogP contribution in [0.15, 0.2) is 66.9 Å². The first-order valence-electron chi connectivity index (χ1n) is 13.9. The number of benzene rings is 2. The first-order valence-corrected chi connectivity index (χ1v) is 14.3. The first kappa shape index (κ1) is 29.6. The molecule has 2 aliphatic rings. The number of nitrogens with zero attached hydrogens (tertiary/aromatic N) is 3. The van der Waals surface area contributed by atoms with Crippen molar-refractivity contribution in [1.29, 1.82) is 0 Å². The molecule has 2 amide bonds. The Labute approximate surface area is 247 Å². The van der Waals surface area contributed by atoms with E-state index in [0.717, 1.165) is 11.8 Å². The van der Waals surface area contributed by atoms with Crippen molar-refractivity contribution in [2.24, 2.45) is 5.92 Å². The fraction of sp³-hybridized carbons (Fsp3) is 0.355. The summed E-state index contributed by atoms with van der Waals surface area (Å²) in [4.78, 5) is 48.2. The molecule has 1 aromatic heterocycles. The molecule has 0 unspecified atom stereocenters. The number of amides is 2. The van der Waals surface area contributed by atoms with E-state index in [-0.39, 0.29) is 36.2 Å². The molecule has 2 aliphatic heterocycles. The largest absolute Gasteiger partial charge is 0.416 e. The highest BCUT2D eigenvalue weighted by molar-refractivity contribution is 6.30. The van der Waals surface area contributed by atoms with Gasteiger partial charge in [0.25, 0.3) is 5.91 Å². The Hall–Kier alpha value is -3.89. The minimum atomic E-state index is -1.28. The zero-order valence-electron chi connectivity index (χ0n) is 23.1. The van der Waals surface area contributed by atoms with Crippen LogP contribution in [0.1, 0.15) is 41.7 Å². The van der Waals surface area contributed by atoms with E-state index in [9.17, 15) is 23.2 Å². The van der Waals surface area contributed by atoms with E-state index < -0.39 is 35.1 Å². The van der Waals surface area contributed by atoms with Crippen LogP contribution in [0.3, 0.4) is 0 Å². The maximum Gasteiger partial charge on any atom is 0.416 e. The van der Waals surface area contributed by atoms with Gasteiger partial charge in [-0.05, 0) is 73.9 Å². The summed E-state index contributed by atoms with van der Waals surface area (Å²) in [6, 6.07) is 14.9. The van der Waals surface area contributed by atoms with E-state index in [4.69, 9.17) is 16.3 Å². The number of rotatable bonds is 7. The number of piperidine rings is 1. The Balaban J connectivity index is 1.42. The van der Waals surface area contributed by atoms with Crippen LogP contribution in [0.25, 0.3) is 0 Å². The van der Waals surface area contributed by atoms with Crippen molar-refractivity contribution in [3.8, 4) is 5.75 Å². The predicted molar refractivity (Wildman–Crippen MR) is 152 cm³/mol. The molecule has 0 spiro atoms. The van der Waals surface area contributed by atoms with Crippen molar-refractivity contribution in [3.05, 3.63) is 94.8 Å². The number of carbonyl (C=O) groups excluding carboxylic acids is 3. The van der Waals surface area contributed by atoms with Crippen molar-refractivity contribution < 1.29 is 27.9 Å². The summed E-state index contributed by atoms with van der Waals surface area (Å²) in [5.41, 5.74) is -0.295. The number of halogens is 3. The van der Waals surface area contributed by atoms with Gasteiger partial charge >= 0.3 is 6.09 Å². The molecule has 11 heteroatoms. The topological polar surface area (TPSA) is 91.8 Å². The molecule has 5 rings (SSSR count). The van der Waals surface area contributed by atoms with E-state index in [1.54, 1.807) is 24.0 Å². The van der Waals surface area contributed by atoms with Crippen LogP contribution in [0.4, 0.5) is 13.6 Å². The molecule has 42 heavy (non-hydrogen) atoms. The van der Waals surface area contributed by atoms with Crippen LogP contribution in [0.5, 0.6) is 5.75 Å². The van der Waals surface area contributed by atoms with Gasteiger partial charge in [-0.15, -0.1) is 0 Å². The Bertz CT molecular complexity index is 1430. The Kier molecular flexibility index (Phi) is 8.84. The molecule has 0 radical (unpaired) electrons. The van der Waals surface area contributed by atoms with Crippen LogP contribution in [-0.2, 0) is 4.79 Å². The van der Waals surface area contributed by atoms with E-state index in [1.807, 2.05) is 12.1 Å². The number of likely N-dealkylation sites (tertiary alicyclic amines) is 1. The molecular weight excluding hydrogens is 566 g/mol. The summed E-state index contributed by atoms with van der Waals surface area (Å²) in [5, 5.41) is 3.89. The molecule has 3 heterocycles. The predicted octanol–water partition coefficient (Wildman–Crippen LogP) is 5.08. The number of hydrogen-bond acceptors (Lipinski definition) is 6. The van der Waals surface area contributed by atoms with Gasteiger partial charge in [0.05, 0.1) is 6.20 Å². The third-order valence-electron chi connectivity index (χ3n) is 8.16. The van der Waals surface area contributed by atoms with Gasteiger partial charge in [-0.25, -0.2) is 18.6 Å². The normalized spacial score (nSPS) is 20.8. The Morgan fingerprint density at radius 2 is 1.69 bits per heavy atom. The second-order valence-corrected chi connectivity index (χ2v) is 11.0. The van der Waals surface area contributed by atoms with E-state index in [0.29, 0.717) is 37.5 Å². The molecule has 2 atom stereocenters. The fourth-order valence-electron chi connectivity index (χ4n) is 6.06. The number of pyridine rings is 1. The third-order valence-corrected chi connectivity index (χ3v) is 8.41. The van der Waals surface area contributed by atoms with Gasteiger partial charge < -0.3 is 15.0 Å². The van der Waals surface area contributed by atoms with Crippen LogP contribution in [-0.4, -0.2) is 70.8 Å². The molecule has 2 aromatic carbocycles. The van der Waals surface area contributed by atoms with Crippen molar-refractivity contribution >= 4 is 29.4 Å². The number of Topliss-reactive ketones (excluding diaryl/α,β-unsaturated/α-hetero) is 1. The minimum Gasteiger partial charge on any atom is -0.410 e. The molecule has 2 fully saturated rings. The van der Waals surface area contributed by atoms with Gasteiger partial charge in [-0.2, -0.15) is 0 Å². The molecule has 8 nitrogen and oxygen atoms in total. The van der Waals surface area contributed by atoms with E-state index >= 15 is 0 Å². The highest BCUT2D eigenvalue weighted by atomic mass is 35.5. The highest BCUT2D eigenvalue weighted by Crippen LogP contribution is 2.42. The zero-order chi connectivity index (χ0) is 29.9. The molecule has 1 N–H and O–H groups in total. The molecule has 0 aliphatic carbocycles. The van der Waals surface area contributed by atoms with Gasteiger partial charge in [0.2, 0.25) is 0 Å². The summed E-state index contributed by atoms with van der Waals surface area (Å²) < 4.78 is 32.4. The lowest BCUT2D eigenvalue weighted by molar-refractivity contribution is -0.135. The second-order valence-electron chi connectivity index (χ2n) is 10.5. The number of carbonyl (C=O) groups is 3. The highest BCUT2D eigenvalue weighted by Gasteiger charge is 2.57. The lowest BCUT2D eigenvalue weighted by Gasteiger charge is -2.45. The number of likely N-dealkylation sites (N-methyl/N-ethyl adjacent to an activating group) is 1. The molecule has 0 saturated carbocycles. The minimum absolute atomic E-state index is 0.114. The van der Waals surface area contributed by atoms with Crippen LogP contribution < -0.4 is 10.1 Å². The van der Waals surface area contributed by atoms with Gasteiger partial charge in [0.15, 0.2) is 5.78 Å². The van der Waals surface area contributed by atoms with Crippen molar-refractivity contribution in [2.45, 2.75) is 31.2 Å². The maximum absolute atomic E-state index is 14.6. The number of ketones is 1. The molecular formula is C31H31ClF2N4O4. The SMILES string of the molecule is CCN(C(=O)Oc1ccc(F)cc1)[C@]1(C(=O)C2CCN(C(=O)c3ccc(F)cn3)CC2)CNC[C@H]1c1ccc(Cl)cc1. The standard InChI is InChI=1S/C31H31ClF2N4O4/c1-2-38(30(41)42-25-10-7-23(33)8-11-25)31(19-35-18-26(31)20-3-5-22(32)6-4-20)28(39)21-13-15-37(16-14-21)29(40)27-12-9-24(34)17-36-27/h3-12,17,21,26,35H,2,13-16,18-19H2,1H3/t26-,31+/m0/s1. The van der Waals surface area contributed by atoms with Crippen molar-refractivity contribution in [2.75, 3.05) is 32.7 Å². The summed E-state index contributed by atoms with van der Waals surface area (Å²) in [6.07, 6.45) is 1.08. The summed E-state index contributed by atoms with van der Waals surface area (Å²) in [7, 11) is 0. The van der Waals surface area contributed by atoms with Crippen LogP contribution >= 0.6 is 11.6 Å².